The topological polar surface area (TPSA) is 77.3 Å². The van der Waals surface area contributed by atoms with Crippen molar-refractivity contribution in [1.29, 1.82) is 0 Å². The first-order valence-corrected chi connectivity index (χ1v) is 20.2. The molecule has 6 aromatic rings. The van der Waals surface area contributed by atoms with Gasteiger partial charge in [-0.3, -0.25) is 0 Å². The van der Waals surface area contributed by atoms with Crippen LogP contribution in [0.25, 0.3) is 33.8 Å². The van der Waals surface area contributed by atoms with Gasteiger partial charge in [0.2, 0.25) is 0 Å². The van der Waals surface area contributed by atoms with Gasteiger partial charge in [-0.25, -0.2) is 0 Å². The van der Waals surface area contributed by atoms with Gasteiger partial charge < -0.3 is 0 Å². The van der Waals surface area contributed by atoms with Gasteiger partial charge in [-0.05, 0) is 0 Å². The van der Waals surface area contributed by atoms with E-state index in [0.717, 1.165) is 63.9 Å². The summed E-state index contributed by atoms with van der Waals surface area (Å²) in [5.74, 6) is 0. The summed E-state index contributed by atoms with van der Waals surface area (Å²) in [6.45, 7) is 19.8. The minimum atomic E-state index is -3.15. The molecule has 6 rings (SSSR count). The van der Waals surface area contributed by atoms with Crippen molar-refractivity contribution < 1.29 is 16.5 Å². The zero-order chi connectivity index (χ0) is 35.0. The van der Waals surface area contributed by atoms with Gasteiger partial charge in [0.25, 0.3) is 0 Å². The summed E-state index contributed by atoms with van der Waals surface area (Å²) in [6.07, 6.45) is 0. The van der Waals surface area contributed by atoms with Crippen LogP contribution in [0.15, 0.2) is 109 Å². The molecule has 3 heterocycles. The Labute approximate surface area is 296 Å². The summed E-state index contributed by atoms with van der Waals surface area (Å²) in [5, 5.41) is 0. The van der Waals surface area contributed by atoms with Crippen LogP contribution in [-0.4, -0.2) is 29.9 Å². The van der Waals surface area contributed by atoms with Gasteiger partial charge in [-0.2, -0.15) is 0 Å². The van der Waals surface area contributed by atoms with E-state index in [1.165, 1.54) is 0 Å². The van der Waals surface area contributed by atoms with E-state index in [9.17, 15) is 0 Å². The molecule has 49 heavy (non-hydrogen) atoms. The maximum absolute atomic E-state index is 5.37. The standard InChI is InChI=1S/3C14H15N2.Ir/c3*1-14(2,3)13-9-12(15-10-16-13)11-7-5-4-6-8-11;/h3*4-9H,1-3H3;. The molecule has 0 amide bonds. The van der Waals surface area contributed by atoms with Crippen molar-refractivity contribution in [1.82, 2.24) is 29.9 Å². The van der Waals surface area contributed by atoms with Crippen LogP contribution in [0.1, 0.15) is 79.4 Å². The average Bonchev–Trinajstić information content (AvgIpc) is 3.08. The van der Waals surface area contributed by atoms with Crippen LogP contribution in [0.2, 0.25) is 0 Å². The molecule has 0 aliphatic rings. The van der Waals surface area contributed by atoms with Crippen LogP contribution in [0.4, 0.5) is 0 Å². The fraction of sp³-hybridized carbons (Fsp3) is 0.286. The SMILES string of the molecule is CC(C)(C)c1cc(-c2ccccc2)n[c]([Ir]([c]2nc(-c3ccccc3)cc(C(C)(C)C)n2)[c]2nc(-c3ccccc3)cc(C(C)(C)C)n2)n1. The van der Waals surface area contributed by atoms with E-state index in [4.69, 9.17) is 29.9 Å². The number of aromatic nitrogens is 6. The summed E-state index contributed by atoms with van der Waals surface area (Å²) in [5.41, 5.74) is 7.98. The average molecular weight is 826 g/mol. The van der Waals surface area contributed by atoms with Crippen LogP contribution in [0, 0.1) is 0 Å². The third kappa shape index (κ3) is 7.90. The predicted molar refractivity (Wildman–Crippen MR) is 197 cm³/mol. The van der Waals surface area contributed by atoms with Crippen LogP contribution < -0.4 is 13.0 Å². The number of benzene rings is 3. The van der Waals surface area contributed by atoms with E-state index in [-0.39, 0.29) is 16.2 Å². The molecular formula is C42H45IrN6. The first-order valence-electron chi connectivity index (χ1n) is 16.6. The fourth-order valence-electron chi connectivity index (χ4n) is 5.07. The second kappa shape index (κ2) is 13.5. The number of hydrogen-bond donors (Lipinski definition) is 0. The molecule has 7 heteroatoms. The Bertz CT molecular complexity index is 1820. The fourth-order valence-corrected chi connectivity index (χ4v) is 9.84. The summed E-state index contributed by atoms with van der Waals surface area (Å²) < 4.78 is 2.21. The Morgan fingerprint density at radius 1 is 0.347 bits per heavy atom. The summed E-state index contributed by atoms with van der Waals surface area (Å²) in [7, 11) is 0. The monoisotopic (exact) mass is 826 g/mol. The molecule has 0 N–H and O–H groups in total. The first kappa shape index (κ1) is 34.4. The van der Waals surface area contributed by atoms with Crippen molar-refractivity contribution >= 4 is 13.0 Å². The van der Waals surface area contributed by atoms with Crippen molar-refractivity contribution in [3.05, 3.63) is 126 Å². The molecule has 0 aliphatic heterocycles. The third-order valence-electron chi connectivity index (χ3n) is 8.03. The van der Waals surface area contributed by atoms with E-state index >= 15 is 0 Å². The zero-order valence-corrected chi connectivity index (χ0v) is 32.3. The van der Waals surface area contributed by atoms with Gasteiger partial charge in [0, 0.05) is 0 Å². The molecule has 0 spiro atoms. The second-order valence-corrected chi connectivity index (χ2v) is 20.3. The normalized spacial score (nSPS) is 12.6. The van der Waals surface area contributed by atoms with Crippen LogP contribution in [0.5, 0.6) is 0 Å². The van der Waals surface area contributed by atoms with E-state index in [0.29, 0.717) is 0 Å². The van der Waals surface area contributed by atoms with E-state index in [1.807, 2.05) is 18.2 Å². The molecule has 0 unspecified atom stereocenters. The molecule has 0 saturated heterocycles. The van der Waals surface area contributed by atoms with Crippen LogP contribution >= 0.6 is 0 Å². The Balaban J connectivity index is 1.72. The first-order chi connectivity index (χ1) is 23.2. The minimum absolute atomic E-state index is 0.225. The van der Waals surface area contributed by atoms with Crippen molar-refractivity contribution in [2.45, 2.75) is 78.6 Å². The van der Waals surface area contributed by atoms with Gasteiger partial charge >= 0.3 is 298 Å². The van der Waals surface area contributed by atoms with Gasteiger partial charge in [0.1, 0.15) is 0 Å². The van der Waals surface area contributed by atoms with Crippen molar-refractivity contribution in [3.8, 4) is 33.8 Å². The van der Waals surface area contributed by atoms with E-state index in [1.54, 1.807) is 0 Å². The molecule has 3 aromatic carbocycles. The molecule has 0 atom stereocenters. The van der Waals surface area contributed by atoms with Crippen LogP contribution in [-0.2, 0) is 32.7 Å². The Morgan fingerprint density at radius 3 is 0.816 bits per heavy atom. The zero-order valence-electron chi connectivity index (χ0n) is 29.9. The van der Waals surface area contributed by atoms with Gasteiger partial charge in [0.05, 0.1) is 0 Å². The number of hydrogen-bond acceptors (Lipinski definition) is 6. The molecule has 3 aromatic heterocycles. The number of nitrogens with zero attached hydrogens (tertiary/aromatic N) is 6. The molecule has 0 fully saturated rings. The van der Waals surface area contributed by atoms with E-state index in [2.05, 4.69) is 153 Å². The quantitative estimate of drug-likeness (QED) is 0.171. The van der Waals surface area contributed by atoms with Crippen molar-refractivity contribution in [2.24, 2.45) is 0 Å². The van der Waals surface area contributed by atoms with Crippen molar-refractivity contribution in [2.75, 3.05) is 0 Å². The van der Waals surface area contributed by atoms with Crippen LogP contribution in [0.3, 0.4) is 0 Å². The molecular weight excluding hydrogens is 781 g/mol. The summed E-state index contributed by atoms with van der Waals surface area (Å²) in [6, 6.07) is 37.4. The second-order valence-electron chi connectivity index (χ2n) is 15.3. The van der Waals surface area contributed by atoms with Gasteiger partial charge in [-0.15, -0.1) is 0 Å². The van der Waals surface area contributed by atoms with Crippen molar-refractivity contribution in [3.63, 3.8) is 0 Å². The Hall–Kier alpha value is -4.45. The molecule has 0 bridgehead atoms. The maximum atomic E-state index is 5.37. The van der Waals surface area contributed by atoms with E-state index < -0.39 is 16.5 Å². The predicted octanol–water partition coefficient (Wildman–Crippen LogP) is 7.84. The Morgan fingerprint density at radius 2 is 0.592 bits per heavy atom. The molecule has 6 nitrogen and oxygen atoms in total. The Kier molecular flexibility index (Phi) is 9.45. The summed E-state index contributed by atoms with van der Waals surface area (Å²) >= 11 is -3.15. The third-order valence-corrected chi connectivity index (χ3v) is 12.8. The molecule has 0 saturated carbocycles. The van der Waals surface area contributed by atoms with Gasteiger partial charge in [-0.1, -0.05) is 0 Å². The van der Waals surface area contributed by atoms with Gasteiger partial charge in [0.15, 0.2) is 0 Å². The molecule has 0 radical (unpaired) electrons. The molecule has 252 valence electrons. The number of rotatable bonds is 6. The molecule has 0 aliphatic carbocycles. The summed E-state index contributed by atoms with van der Waals surface area (Å²) in [4.78, 5) is 32.2.